The number of carbonyl (C=O) groups is 2. The van der Waals surface area contributed by atoms with Gasteiger partial charge in [0.25, 0.3) is 17.5 Å². The molecular weight excluding hydrogens is 214 g/mol. The largest absolute Gasteiger partial charge is 0.272 e. The minimum atomic E-state index is -0.930. The molecule has 2 N–H and O–H groups in total. The standard InChI is InChI=1S/C9H7N3O4/c13-8-7(9(14)11-10-8)5-1-3-6(4-2-5)12(15)16/h1-4,7H,(H,10,13)(H,11,14). The van der Waals surface area contributed by atoms with E-state index in [1.54, 1.807) is 0 Å². The van der Waals surface area contributed by atoms with Gasteiger partial charge in [0.2, 0.25) is 0 Å². The van der Waals surface area contributed by atoms with E-state index in [1.807, 2.05) is 0 Å². The zero-order chi connectivity index (χ0) is 11.7. The molecule has 1 aliphatic heterocycles. The Labute approximate surface area is 89.6 Å². The second-order valence-corrected chi connectivity index (χ2v) is 3.26. The van der Waals surface area contributed by atoms with Crippen molar-refractivity contribution in [3.8, 4) is 0 Å². The fourth-order valence-corrected chi connectivity index (χ4v) is 1.48. The number of hydrazine groups is 1. The van der Waals surface area contributed by atoms with Gasteiger partial charge in [0.05, 0.1) is 4.92 Å². The molecule has 0 aromatic heterocycles. The van der Waals surface area contributed by atoms with E-state index in [4.69, 9.17) is 0 Å². The zero-order valence-electron chi connectivity index (χ0n) is 7.97. The lowest BCUT2D eigenvalue weighted by molar-refractivity contribution is -0.384. The molecule has 1 aliphatic rings. The summed E-state index contributed by atoms with van der Waals surface area (Å²) in [6.45, 7) is 0. The van der Waals surface area contributed by atoms with Crippen LogP contribution in [0, 0.1) is 10.1 Å². The van der Waals surface area contributed by atoms with Crippen LogP contribution in [-0.4, -0.2) is 16.7 Å². The number of nitrogens with one attached hydrogen (secondary N) is 2. The summed E-state index contributed by atoms with van der Waals surface area (Å²) >= 11 is 0. The number of rotatable bonds is 2. The quantitative estimate of drug-likeness (QED) is 0.411. The molecule has 0 unspecified atom stereocenters. The van der Waals surface area contributed by atoms with Gasteiger partial charge in [0.15, 0.2) is 0 Å². The van der Waals surface area contributed by atoms with Gasteiger partial charge < -0.3 is 0 Å². The van der Waals surface area contributed by atoms with Crippen LogP contribution in [-0.2, 0) is 9.59 Å². The summed E-state index contributed by atoms with van der Waals surface area (Å²) < 4.78 is 0. The Morgan fingerprint density at radius 3 is 2.00 bits per heavy atom. The van der Waals surface area contributed by atoms with Crippen molar-refractivity contribution in [3.63, 3.8) is 0 Å². The second-order valence-electron chi connectivity index (χ2n) is 3.26. The lowest BCUT2D eigenvalue weighted by Crippen LogP contribution is -2.28. The van der Waals surface area contributed by atoms with Gasteiger partial charge in [-0.15, -0.1) is 0 Å². The van der Waals surface area contributed by atoms with Crippen LogP contribution in [0.4, 0.5) is 5.69 Å². The molecule has 0 radical (unpaired) electrons. The molecule has 1 saturated heterocycles. The minimum Gasteiger partial charge on any atom is -0.272 e. The number of nitro groups is 1. The molecule has 0 saturated carbocycles. The van der Waals surface area contributed by atoms with Crippen LogP contribution in [0.25, 0.3) is 0 Å². The first-order valence-electron chi connectivity index (χ1n) is 4.43. The van der Waals surface area contributed by atoms with Gasteiger partial charge in [0.1, 0.15) is 5.92 Å². The Kier molecular flexibility index (Phi) is 2.28. The molecule has 0 bridgehead atoms. The van der Waals surface area contributed by atoms with Gasteiger partial charge in [-0.25, -0.2) is 0 Å². The molecule has 0 spiro atoms. The molecule has 82 valence electrons. The molecule has 1 fully saturated rings. The third-order valence-electron chi connectivity index (χ3n) is 2.27. The maximum atomic E-state index is 11.3. The predicted octanol–water partition coefficient (Wildman–Crippen LogP) is -0.161. The van der Waals surface area contributed by atoms with E-state index in [2.05, 4.69) is 10.9 Å². The van der Waals surface area contributed by atoms with Crippen molar-refractivity contribution in [2.75, 3.05) is 0 Å². The number of hydrogen-bond donors (Lipinski definition) is 2. The molecule has 7 nitrogen and oxygen atoms in total. The molecule has 1 aromatic rings. The van der Waals surface area contributed by atoms with Gasteiger partial charge in [0, 0.05) is 12.1 Å². The minimum absolute atomic E-state index is 0.0810. The van der Waals surface area contributed by atoms with Gasteiger partial charge in [-0.3, -0.25) is 30.6 Å². The molecule has 7 heteroatoms. The highest BCUT2D eigenvalue weighted by molar-refractivity contribution is 6.10. The Hall–Kier alpha value is -2.44. The summed E-state index contributed by atoms with van der Waals surface area (Å²) in [5.74, 6) is -1.85. The Bertz CT molecular complexity index is 452. The smallest absolute Gasteiger partial charge is 0.269 e. The summed E-state index contributed by atoms with van der Waals surface area (Å²) in [5.41, 5.74) is 4.71. The van der Waals surface area contributed by atoms with Crippen molar-refractivity contribution in [2.45, 2.75) is 5.92 Å². The molecular formula is C9H7N3O4. The summed E-state index contributed by atoms with van der Waals surface area (Å²) in [6, 6.07) is 5.31. The third kappa shape index (κ3) is 1.58. The van der Waals surface area contributed by atoms with E-state index in [0.717, 1.165) is 0 Å². The van der Waals surface area contributed by atoms with Gasteiger partial charge in [-0.1, -0.05) is 12.1 Å². The summed E-state index contributed by atoms with van der Waals surface area (Å²) in [6.07, 6.45) is 0. The molecule has 0 atom stereocenters. The summed E-state index contributed by atoms with van der Waals surface area (Å²) in [5, 5.41) is 10.4. The average Bonchev–Trinajstić information content (AvgIpc) is 2.59. The number of non-ortho nitro benzene ring substituents is 1. The van der Waals surface area contributed by atoms with Crippen LogP contribution in [0.1, 0.15) is 11.5 Å². The number of nitro benzene ring substituents is 1. The molecule has 0 aliphatic carbocycles. The van der Waals surface area contributed by atoms with E-state index in [9.17, 15) is 19.7 Å². The Balaban J connectivity index is 2.31. The molecule has 1 aromatic carbocycles. The number of carbonyl (C=O) groups excluding carboxylic acids is 2. The van der Waals surface area contributed by atoms with Crippen molar-refractivity contribution in [1.82, 2.24) is 10.9 Å². The molecule has 16 heavy (non-hydrogen) atoms. The predicted molar refractivity (Wildman–Crippen MR) is 52.1 cm³/mol. The van der Waals surface area contributed by atoms with Gasteiger partial charge in [-0.2, -0.15) is 0 Å². The van der Waals surface area contributed by atoms with Crippen LogP contribution in [0.5, 0.6) is 0 Å². The summed E-state index contributed by atoms with van der Waals surface area (Å²) in [7, 11) is 0. The number of nitrogens with zero attached hydrogens (tertiary/aromatic N) is 1. The van der Waals surface area contributed by atoms with E-state index in [-0.39, 0.29) is 5.69 Å². The normalized spacial score (nSPS) is 15.8. The maximum absolute atomic E-state index is 11.3. The highest BCUT2D eigenvalue weighted by Gasteiger charge is 2.34. The van der Waals surface area contributed by atoms with E-state index in [1.165, 1.54) is 24.3 Å². The lowest BCUT2D eigenvalue weighted by Gasteiger charge is -2.03. The van der Waals surface area contributed by atoms with Crippen molar-refractivity contribution >= 4 is 17.5 Å². The number of amides is 2. The monoisotopic (exact) mass is 221 g/mol. The average molecular weight is 221 g/mol. The Morgan fingerprint density at radius 1 is 1.06 bits per heavy atom. The highest BCUT2D eigenvalue weighted by Crippen LogP contribution is 2.21. The molecule has 1 heterocycles. The van der Waals surface area contributed by atoms with Gasteiger partial charge in [-0.05, 0) is 5.56 Å². The Morgan fingerprint density at radius 2 is 1.56 bits per heavy atom. The van der Waals surface area contributed by atoms with Crippen LogP contribution < -0.4 is 10.9 Å². The van der Waals surface area contributed by atoms with Crippen LogP contribution >= 0.6 is 0 Å². The van der Waals surface area contributed by atoms with Crippen LogP contribution in [0.15, 0.2) is 24.3 Å². The molecule has 2 amide bonds. The van der Waals surface area contributed by atoms with Crippen LogP contribution in [0.3, 0.4) is 0 Å². The number of benzene rings is 1. The SMILES string of the molecule is O=C1NNC(=O)C1c1ccc([N+](=O)[O-])cc1. The molecule has 2 rings (SSSR count). The fraction of sp³-hybridized carbons (Fsp3) is 0.111. The van der Waals surface area contributed by atoms with E-state index >= 15 is 0 Å². The topological polar surface area (TPSA) is 101 Å². The first-order chi connectivity index (χ1) is 7.59. The third-order valence-corrected chi connectivity index (χ3v) is 2.27. The highest BCUT2D eigenvalue weighted by atomic mass is 16.6. The fourth-order valence-electron chi connectivity index (χ4n) is 1.48. The number of hydrogen-bond acceptors (Lipinski definition) is 4. The second kappa shape index (κ2) is 3.61. The van der Waals surface area contributed by atoms with Crippen molar-refractivity contribution in [3.05, 3.63) is 39.9 Å². The van der Waals surface area contributed by atoms with Crippen molar-refractivity contribution < 1.29 is 14.5 Å². The van der Waals surface area contributed by atoms with E-state index in [0.29, 0.717) is 5.56 Å². The lowest BCUT2D eigenvalue weighted by atomic mass is 9.99. The van der Waals surface area contributed by atoms with Crippen molar-refractivity contribution in [2.24, 2.45) is 0 Å². The van der Waals surface area contributed by atoms with Gasteiger partial charge >= 0.3 is 0 Å². The van der Waals surface area contributed by atoms with Crippen molar-refractivity contribution in [1.29, 1.82) is 0 Å². The summed E-state index contributed by atoms with van der Waals surface area (Å²) in [4.78, 5) is 32.4. The zero-order valence-corrected chi connectivity index (χ0v) is 7.97. The maximum Gasteiger partial charge on any atom is 0.269 e. The van der Waals surface area contributed by atoms with Crippen LogP contribution in [0.2, 0.25) is 0 Å². The first-order valence-corrected chi connectivity index (χ1v) is 4.43. The van der Waals surface area contributed by atoms with E-state index < -0.39 is 22.7 Å². The first kappa shape index (κ1) is 10.1.